The molecular weight excluding hydrogens is 513 g/mol. The Morgan fingerprint density at radius 3 is 1.89 bits per heavy atom. The van der Waals surface area contributed by atoms with Crippen LogP contribution in [0.1, 0.15) is 11.1 Å². The second kappa shape index (κ2) is 11.4. The highest BCUT2D eigenvalue weighted by atomic mass is 35.5. The summed E-state index contributed by atoms with van der Waals surface area (Å²) in [6, 6.07) is 10.2. The summed E-state index contributed by atoms with van der Waals surface area (Å²) in [5.41, 5.74) is 0.576. The van der Waals surface area contributed by atoms with Crippen molar-refractivity contribution in [3.05, 3.63) is 64.4 Å². The molecule has 0 bridgehead atoms. The Morgan fingerprint density at radius 1 is 0.778 bits per heavy atom. The lowest BCUT2D eigenvalue weighted by molar-refractivity contribution is 0.324. The van der Waals surface area contributed by atoms with Gasteiger partial charge in [-0.2, -0.15) is 0 Å². The zero-order chi connectivity index (χ0) is 26.5. The van der Waals surface area contributed by atoms with Crippen LogP contribution in [-0.4, -0.2) is 44.0 Å². The molecule has 0 atom stereocenters. The minimum Gasteiger partial charge on any atom is -0.495 e. The quantitative estimate of drug-likeness (QED) is 0.342. The lowest BCUT2D eigenvalue weighted by Gasteiger charge is -2.15. The maximum absolute atomic E-state index is 15.3. The van der Waals surface area contributed by atoms with E-state index in [2.05, 4.69) is 4.72 Å². The summed E-state index contributed by atoms with van der Waals surface area (Å²) in [6.45, 7) is 0. The molecular formula is C25H25ClFNO7S. The molecule has 0 spiro atoms. The number of halogens is 2. The third-order valence-electron chi connectivity index (χ3n) is 5.17. The van der Waals surface area contributed by atoms with E-state index in [4.69, 9.17) is 35.3 Å². The lowest BCUT2D eigenvalue weighted by Crippen LogP contribution is -2.15. The van der Waals surface area contributed by atoms with Crippen LogP contribution in [0.5, 0.6) is 28.7 Å². The molecule has 0 aromatic heterocycles. The summed E-state index contributed by atoms with van der Waals surface area (Å²) in [5, 5.41) is 0.0917. The number of sulfonamides is 1. The van der Waals surface area contributed by atoms with Crippen molar-refractivity contribution < 1.29 is 36.5 Å². The van der Waals surface area contributed by atoms with Crippen LogP contribution < -0.4 is 28.4 Å². The molecule has 0 fully saturated rings. The van der Waals surface area contributed by atoms with Crippen molar-refractivity contribution in [3.63, 3.8) is 0 Å². The van der Waals surface area contributed by atoms with Crippen molar-refractivity contribution in [2.24, 2.45) is 0 Å². The van der Waals surface area contributed by atoms with E-state index in [0.717, 1.165) is 0 Å². The van der Waals surface area contributed by atoms with E-state index < -0.39 is 15.8 Å². The van der Waals surface area contributed by atoms with Crippen molar-refractivity contribution in [1.29, 1.82) is 0 Å². The van der Waals surface area contributed by atoms with Gasteiger partial charge in [-0.05, 0) is 48.0 Å². The molecule has 0 unspecified atom stereocenters. The molecule has 0 heterocycles. The Labute approximate surface area is 214 Å². The van der Waals surface area contributed by atoms with Gasteiger partial charge < -0.3 is 23.7 Å². The summed E-state index contributed by atoms with van der Waals surface area (Å²) in [7, 11) is 2.94. The standard InChI is InChI=1S/C25H25ClFNO7S/c1-31-19-11-9-17(14-18(19)26)36(29,30)28-24-16(8-10-20(32-2)23(24)27)7-6-15-12-21(33-3)25(35-5)22(13-15)34-4/h6-14,28H,1-5H3. The minimum absolute atomic E-state index is 0.0917. The van der Waals surface area contributed by atoms with Gasteiger partial charge in [0.15, 0.2) is 23.1 Å². The molecule has 192 valence electrons. The molecule has 0 aliphatic carbocycles. The fourth-order valence-corrected chi connectivity index (χ4v) is 4.80. The number of nitrogens with one attached hydrogen (secondary N) is 1. The van der Waals surface area contributed by atoms with Gasteiger partial charge in [-0.25, -0.2) is 12.8 Å². The minimum atomic E-state index is -4.22. The molecule has 1 N–H and O–H groups in total. The van der Waals surface area contributed by atoms with Gasteiger partial charge >= 0.3 is 0 Å². The molecule has 0 aliphatic rings. The smallest absolute Gasteiger partial charge is 0.262 e. The zero-order valence-electron chi connectivity index (χ0n) is 20.2. The number of ether oxygens (including phenoxy) is 5. The van der Waals surface area contributed by atoms with Crippen LogP contribution >= 0.6 is 11.6 Å². The Hall–Kier alpha value is -3.63. The first-order valence-electron chi connectivity index (χ1n) is 10.4. The van der Waals surface area contributed by atoms with Gasteiger partial charge in [-0.3, -0.25) is 4.72 Å². The summed E-state index contributed by atoms with van der Waals surface area (Å²) in [5.74, 6) is 0.555. The highest BCUT2D eigenvalue weighted by Crippen LogP contribution is 2.39. The predicted octanol–water partition coefficient (Wildman–Crippen LogP) is 5.49. The topological polar surface area (TPSA) is 92.3 Å². The monoisotopic (exact) mass is 537 g/mol. The third-order valence-corrected chi connectivity index (χ3v) is 6.81. The second-order valence-electron chi connectivity index (χ2n) is 7.24. The van der Waals surface area contributed by atoms with Gasteiger partial charge in [0, 0.05) is 5.56 Å². The maximum Gasteiger partial charge on any atom is 0.262 e. The number of hydrogen-bond acceptors (Lipinski definition) is 7. The van der Waals surface area contributed by atoms with E-state index in [9.17, 15) is 8.42 Å². The molecule has 36 heavy (non-hydrogen) atoms. The van der Waals surface area contributed by atoms with E-state index >= 15 is 4.39 Å². The predicted molar refractivity (Wildman–Crippen MR) is 137 cm³/mol. The number of methoxy groups -OCH3 is 5. The maximum atomic E-state index is 15.3. The second-order valence-corrected chi connectivity index (χ2v) is 9.33. The Kier molecular flexibility index (Phi) is 8.54. The molecule has 8 nitrogen and oxygen atoms in total. The number of rotatable bonds is 10. The summed E-state index contributed by atoms with van der Waals surface area (Å²) in [4.78, 5) is -0.171. The van der Waals surface area contributed by atoms with Gasteiger partial charge in [-0.1, -0.05) is 23.8 Å². The van der Waals surface area contributed by atoms with E-state index in [-0.39, 0.29) is 26.9 Å². The SMILES string of the molecule is COc1ccc(S(=O)(=O)Nc2c(C=Cc3cc(OC)c(OC)c(OC)c3)ccc(OC)c2F)cc1Cl. The van der Waals surface area contributed by atoms with E-state index in [1.807, 2.05) is 0 Å². The van der Waals surface area contributed by atoms with Gasteiger partial charge in [0.05, 0.1) is 51.2 Å². The fourth-order valence-electron chi connectivity index (χ4n) is 3.36. The highest BCUT2D eigenvalue weighted by molar-refractivity contribution is 7.92. The molecule has 0 radical (unpaired) electrons. The number of benzene rings is 3. The third kappa shape index (κ3) is 5.60. The highest BCUT2D eigenvalue weighted by Gasteiger charge is 2.22. The number of anilines is 1. The van der Waals surface area contributed by atoms with Crippen LogP contribution in [-0.2, 0) is 10.0 Å². The van der Waals surface area contributed by atoms with Crippen LogP contribution in [0.15, 0.2) is 47.4 Å². The Bertz CT molecular complexity index is 1370. The van der Waals surface area contributed by atoms with Crippen molar-refractivity contribution in [2.45, 2.75) is 4.90 Å². The molecule has 11 heteroatoms. The van der Waals surface area contributed by atoms with E-state index in [1.54, 1.807) is 24.3 Å². The van der Waals surface area contributed by atoms with Crippen molar-refractivity contribution in [1.82, 2.24) is 0 Å². The van der Waals surface area contributed by atoms with Crippen LogP contribution in [0.25, 0.3) is 12.2 Å². The molecule has 0 saturated carbocycles. The van der Waals surface area contributed by atoms with Gasteiger partial charge in [0.1, 0.15) is 5.75 Å². The Balaban J connectivity index is 2.06. The van der Waals surface area contributed by atoms with Gasteiger partial charge in [0.25, 0.3) is 10.0 Å². The average molecular weight is 538 g/mol. The first-order chi connectivity index (χ1) is 17.2. The van der Waals surface area contributed by atoms with Crippen molar-refractivity contribution in [2.75, 3.05) is 40.3 Å². The van der Waals surface area contributed by atoms with Crippen molar-refractivity contribution in [3.8, 4) is 28.7 Å². The first-order valence-corrected chi connectivity index (χ1v) is 12.3. The van der Waals surface area contributed by atoms with Gasteiger partial charge in [-0.15, -0.1) is 0 Å². The van der Waals surface area contributed by atoms with Crippen LogP contribution in [0, 0.1) is 5.82 Å². The molecule has 3 aromatic carbocycles. The molecule has 0 aliphatic heterocycles. The fraction of sp³-hybridized carbons (Fsp3) is 0.200. The Morgan fingerprint density at radius 2 is 1.36 bits per heavy atom. The van der Waals surface area contributed by atoms with Crippen LogP contribution in [0.4, 0.5) is 10.1 Å². The van der Waals surface area contributed by atoms with E-state index in [1.165, 1.54) is 65.9 Å². The summed E-state index contributed by atoms with van der Waals surface area (Å²) >= 11 is 6.09. The lowest BCUT2D eigenvalue weighted by atomic mass is 10.1. The first kappa shape index (κ1) is 27.0. The normalized spacial score (nSPS) is 11.3. The zero-order valence-corrected chi connectivity index (χ0v) is 21.8. The van der Waals surface area contributed by atoms with Crippen LogP contribution in [0.3, 0.4) is 0 Å². The van der Waals surface area contributed by atoms with E-state index in [0.29, 0.717) is 28.6 Å². The molecule has 3 rings (SSSR count). The average Bonchev–Trinajstić information content (AvgIpc) is 2.88. The van der Waals surface area contributed by atoms with Crippen molar-refractivity contribution >= 4 is 39.5 Å². The number of hydrogen-bond donors (Lipinski definition) is 1. The summed E-state index contributed by atoms with van der Waals surface area (Å²) < 4.78 is 69.9. The molecule has 3 aromatic rings. The van der Waals surface area contributed by atoms with Gasteiger partial charge in [0.2, 0.25) is 5.75 Å². The largest absolute Gasteiger partial charge is 0.495 e. The summed E-state index contributed by atoms with van der Waals surface area (Å²) in [6.07, 6.45) is 3.19. The van der Waals surface area contributed by atoms with Crippen LogP contribution in [0.2, 0.25) is 5.02 Å². The molecule has 0 amide bonds. The molecule has 0 saturated heterocycles.